The second-order valence-electron chi connectivity index (χ2n) is 4.24. The van der Waals surface area contributed by atoms with Gasteiger partial charge in [0.1, 0.15) is 5.76 Å². The van der Waals surface area contributed by atoms with E-state index in [2.05, 4.69) is 10.6 Å². The molecule has 2 N–H and O–H groups in total. The summed E-state index contributed by atoms with van der Waals surface area (Å²) >= 11 is 0. The smallest absolute Gasteiger partial charge is 0.251 e. The van der Waals surface area contributed by atoms with E-state index in [1.54, 1.807) is 6.26 Å². The van der Waals surface area contributed by atoms with Gasteiger partial charge in [0.25, 0.3) is 5.91 Å². The minimum atomic E-state index is -0.0300. The van der Waals surface area contributed by atoms with E-state index in [0.29, 0.717) is 18.7 Å². The SMILES string of the molecule is CCNC(=O)c1ccc(CNCc2ccco2)cc1. The van der Waals surface area contributed by atoms with Crippen LogP contribution >= 0.6 is 0 Å². The third kappa shape index (κ3) is 3.96. The first-order valence-electron chi connectivity index (χ1n) is 6.40. The minimum Gasteiger partial charge on any atom is -0.468 e. The minimum absolute atomic E-state index is 0.0300. The van der Waals surface area contributed by atoms with Crippen LogP contribution in [0.15, 0.2) is 47.1 Å². The van der Waals surface area contributed by atoms with Crippen molar-refractivity contribution in [1.29, 1.82) is 0 Å². The highest BCUT2D eigenvalue weighted by atomic mass is 16.3. The molecule has 0 aliphatic rings. The molecule has 0 aliphatic carbocycles. The second-order valence-corrected chi connectivity index (χ2v) is 4.24. The zero-order valence-electron chi connectivity index (χ0n) is 11.0. The molecule has 1 aromatic carbocycles. The molecule has 2 aromatic rings. The van der Waals surface area contributed by atoms with E-state index in [1.807, 2.05) is 43.3 Å². The van der Waals surface area contributed by atoms with Gasteiger partial charge in [0.05, 0.1) is 12.8 Å². The van der Waals surface area contributed by atoms with Gasteiger partial charge < -0.3 is 15.1 Å². The molecule has 0 saturated heterocycles. The molecule has 100 valence electrons. The summed E-state index contributed by atoms with van der Waals surface area (Å²) in [6.45, 7) is 4.00. The van der Waals surface area contributed by atoms with Crippen molar-refractivity contribution in [2.45, 2.75) is 20.0 Å². The highest BCUT2D eigenvalue weighted by Crippen LogP contribution is 2.05. The third-order valence-electron chi connectivity index (χ3n) is 2.76. The van der Waals surface area contributed by atoms with Gasteiger partial charge in [-0.1, -0.05) is 12.1 Å². The summed E-state index contributed by atoms with van der Waals surface area (Å²) in [4.78, 5) is 11.6. The maximum Gasteiger partial charge on any atom is 0.251 e. The van der Waals surface area contributed by atoms with Crippen LogP contribution in [0.1, 0.15) is 28.6 Å². The summed E-state index contributed by atoms with van der Waals surface area (Å²) in [5, 5.41) is 6.06. The Morgan fingerprint density at radius 3 is 2.58 bits per heavy atom. The normalized spacial score (nSPS) is 10.4. The zero-order chi connectivity index (χ0) is 13.5. The lowest BCUT2D eigenvalue weighted by Crippen LogP contribution is -2.22. The highest BCUT2D eigenvalue weighted by molar-refractivity contribution is 5.94. The molecule has 0 radical (unpaired) electrons. The Morgan fingerprint density at radius 1 is 1.16 bits per heavy atom. The number of rotatable bonds is 6. The summed E-state index contributed by atoms with van der Waals surface area (Å²) in [6.07, 6.45) is 1.66. The van der Waals surface area contributed by atoms with Crippen molar-refractivity contribution in [1.82, 2.24) is 10.6 Å². The number of carbonyl (C=O) groups is 1. The molecule has 0 saturated carbocycles. The lowest BCUT2D eigenvalue weighted by atomic mass is 10.1. The number of hydrogen-bond donors (Lipinski definition) is 2. The Balaban J connectivity index is 1.83. The average molecular weight is 258 g/mol. The zero-order valence-corrected chi connectivity index (χ0v) is 11.0. The van der Waals surface area contributed by atoms with Crippen LogP contribution in [0.25, 0.3) is 0 Å². The van der Waals surface area contributed by atoms with Gasteiger partial charge in [0, 0.05) is 18.7 Å². The molecule has 0 bridgehead atoms. The molecule has 1 heterocycles. The molecular weight excluding hydrogens is 240 g/mol. The van der Waals surface area contributed by atoms with E-state index >= 15 is 0 Å². The third-order valence-corrected chi connectivity index (χ3v) is 2.76. The van der Waals surface area contributed by atoms with Crippen molar-refractivity contribution in [2.75, 3.05) is 6.54 Å². The molecule has 0 atom stereocenters. The molecule has 4 nitrogen and oxygen atoms in total. The van der Waals surface area contributed by atoms with Crippen molar-refractivity contribution >= 4 is 5.91 Å². The van der Waals surface area contributed by atoms with Crippen molar-refractivity contribution in [2.24, 2.45) is 0 Å². The van der Waals surface area contributed by atoms with Crippen LogP contribution in [0.2, 0.25) is 0 Å². The lowest BCUT2D eigenvalue weighted by Gasteiger charge is -2.05. The summed E-state index contributed by atoms with van der Waals surface area (Å²) in [5.74, 6) is 0.886. The molecule has 0 unspecified atom stereocenters. The van der Waals surface area contributed by atoms with Crippen LogP contribution < -0.4 is 10.6 Å². The Labute approximate surface area is 112 Å². The Bertz CT molecular complexity index is 503. The average Bonchev–Trinajstić information content (AvgIpc) is 2.93. The predicted octanol–water partition coefficient (Wildman–Crippen LogP) is 2.32. The van der Waals surface area contributed by atoms with Gasteiger partial charge in [-0.25, -0.2) is 0 Å². The van der Waals surface area contributed by atoms with Gasteiger partial charge in [-0.05, 0) is 36.8 Å². The maximum absolute atomic E-state index is 11.6. The van der Waals surface area contributed by atoms with Gasteiger partial charge in [0.15, 0.2) is 0 Å². The first-order valence-corrected chi connectivity index (χ1v) is 6.40. The monoisotopic (exact) mass is 258 g/mol. The Morgan fingerprint density at radius 2 is 1.95 bits per heavy atom. The van der Waals surface area contributed by atoms with E-state index in [4.69, 9.17) is 4.42 Å². The van der Waals surface area contributed by atoms with Gasteiger partial charge in [-0.15, -0.1) is 0 Å². The number of amides is 1. The van der Waals surface area contributed by atoms with Crippen LogP contribution in [0.4, 0.5) is 0 Å². The van der Waals surface area contributed by atoms with Crippen LogP contribution in [0, 0.1) is 0 Å². The molecule has 1 aromatic heterocycles. The van der Waals surface area contributed by atoms with E-state index in [0.717, 1.165) is 17.9 Å². The fourth-order valence-corrected chi connectivity index (χ4v) is 1.78. The Kier molecular flexibility index (Phi) is 4.75. The van der Waals surface area contributed by atoms with Gasteiger partial charge in [0.2, 0.25) is 0 Å². The molecule has 0 aliphatic heterocycles. The van der Waals surface area contributed by atoms with E-state index in [1.165, 1.54) is 0 Å². The summed E-state index contributed by atoms with van der Waals surface area (Å²) in [6, 6.07) is 11.4. The van der Waals surface area contributed by atoms with E-state index < -0.39 is 0 Å². The van der Waals surface area contributed by atoms with Crippen LogP contribution in [0.5, 0.6) is 0 Å². The molecule has 1 amide bonds. The van der Waals surface area contributed by atoms with Crippen LogP contribution in [-0.2, 0) is 13.1 Å². The summed E-state index contributed by atoms with van der Waals surface area (Å²) < 4.78 is 5.23. The van der Waals surface area contributed by atoms with Crippen LogP contribution in [-0.4, -0.2) is 12.5 Å². The molecule has 0 spiro atoms. The number of furan rings is 1. The van der Waals surface area contributed by atoms with E-state index in [-0.39, 0.29) is 5.91 Å². The van der Waals surface area contributed by atoms with Gasteiger partial charge >= 0.3 is 0 Å². The maximum atomic E-state index is 11.6. The number of carbonyl (C=O) groups excluding carboxylic acids is 1. The molecule has 19 heavy (non-hydrogen) atoms. The van der Waals surface area contributed by atoms with Crippen LogP contribution in [0.3, 0.4) is 0 Å². The Hall–Kier alpha value is -2.07. The lowest BCUT2D eigenvalue weighted by molar-refractivity contribution is 0.0956. The van der Waals surface area contributed by atoms with Gasteiger partial charge in [-0.3, -0.25) is 4.79 Å². The van der Waals surface area contributed by atoms with Crippen molar-refractivity contribution < 1.29 is 9.21 Å². The summed E-state index contributed by atoms with van der Waals surface area (Å²) in [5.41, 5.74) is 1.83. The fraction of sp³-hybridized carbons (Fsp3) is 0.267. The molecular formula is C15H18N2O2. The van der Waals surface area contributed by atoms with Gasteiger partial charge in [-0.2, -0.15) is 0 Å². The first kappa shape index (κ1) is 13.4. The topological polar surface area (TPSA) is 54.3 Å². The quantitative estimate of drug-likeness (QED) is 0.836. The molecule has 4 heteroatoms. The molecule has 2 rings (SSSR count). The number of nitrogens with one attached hydrogen (secondary N) is 2. The van der Waals surface area contributed by atoms with Crippen molar-refractivity contribution in [3.63, 3.8) is 0 Å². The number of benzene rings is 1. The molecule has 0 fully saturated rings. The highest BCUT2D eigenvalue weighted by Gasteiger charge is 2.03. The van der Waals surface area contributed by atoms with Crippen molar-refractivity contribution in [3.8, 4) is 0 Å². The first-order chi connectivity index (χ1) is 9.29. The fourth-order valence-electron chi connectivity index (χ4n) is 1.78. The van der Waals surface area contributed by atoms with E-state index in [9.17, 15) is 4.79 Å². The standard InChI is InChI=1S/C15H18N2O2/c1-2-17-15(18)13-7-5-12(6-8-13)10-16-11-14-4-3-9-19-14/h3-9,16H,2,10-11H2,1H3,(H,17,18). The number of hydrogen-bond acceptors (Lipinski definition) is 3. The second kappa shape index (κ2) is 6.75. The van der Waals surface area contributed by atoms with Crippen molar-refractivity contribution in [3.05, 3.63) is 59.5 Å². The largest absolute Gasteiger partial charge is 0.468 e. The predicted molar refractivity (Wildman–Crippen MR) is 73.7 cm³/mol. The summed E-state index contributed by atoms with van der Waals surface area (Å²) in [7, 11) is 0.